The van der Waals surface area contributed by atoms with Gasteiger partial charge in [0.1, 0.15) is 17.1 Å². The monoisotopic (exact) mass is 357 g/mol. The zero-order valence-corrected chi connectivity index (χ0v) is 11.3. The van der Waals surface area contributed by atoms with Gasteiger partial charge in [0.25, 0.3) is 5.91 Å². The quantitative estimate of drug-likeness (QED) is 0.810. The highest BCUT2D eigenvalue weighted by Gasteiger charge is 2.16. The summed E-state index contributed by atoms with van der Waals surface area (Å²) in [5.41, 5.74) is 0.200. The van der Waals surface area contributed by atoms with Crippen LogP contribution < -0.4 is 5.32 Å². The number of hydrogen-bond acceptors (Lipinski definition) is 2. The number of anilines is 1. The maximum atomic E-state index is 13.5. The number of nitrogens with one attached hydrogen (secondary N) is 1. The summed E-state index contributed by atoms with van der Waals surface area (Å²) in [5, 5.41) is 12.0. The van der Waals surface area contributed by atoms with E-state index in [0.717, 1.165) is 9.64 Å². The molecule has 0 aliphatic heterocycles. The van der Waals surface area contributed by atoms with Gasteiger partial charge in [0.15, 0.2) is 0 Å². The van der Waals surface area contributed by atoms with E-state index in [9.17, 15) is 14.3 Å². The number of hydrogen-bond donors (Lipinski definition) is 2. The topological polar surface area (TPSA) is 49.3 Å². The van der Waals surface area contributed by atoms with Crippen molar-refractivity contribution in [2.24, 2.45) is 0 Å². The predicted octanol–water partition coefficient (Wildman–Crippen LogP) is 3.39. The molecule has 0 saturated heterocycles. The molecule has 0 bridgehead atoms. The summed E-state index contributed by atoms with van der Waals surface area (Å²) in [6.45, 7) is 0. The van der Waals surface area contributed by atoms with Crippen LogP contribution in [0.3, 0.4) is 0 Å². The largest absolute Gasteiger partial charge is 0.507 e. The molecule has 0 fully saturated rings. The molecule has 0 saturated carbocycles. The normalized spacial score (nSPS) is 10.1. The van der Waals surface area contributed by atoms with Crippen LogP contribution in [0.2, 0.25) is 0 Å². The van der Waals surface area contributed by atoms with E-state index in [1.807, 2.05) is 6.07 Å². The molecule has 2 aromatic carbocycles. The first-order valence-corrected chi connectivity index (χ1v) is 6.20. The van der Waals surface area contributed by atoms with E-state index in [2.05, 4.69) is 27.9 Å². The molecule has 0 atom stereocenters. The minimum atomic E-state index is -0.752. The first-order valence-electron chi connectivity index (χ1n) is 5.12. The van der Waals surface area contributed by atoms with Crippen molar-refractivity contribution in [3.63, 3.8) is 0 Å². The van der Waals surface area contributed by atoms with E-state index < -0.39 is 11.7 Å². The lowest BCUT2D eigenvalue weighted by molar-refractivity contribution is 0.102. The Labute approximate surface area is 117 Å². The molecule has 0 unspecified atom stereocenters. The maximum absolute atomic E-state index is 13.5. The van der Waals surface area contributed by atoms with Crippen molar-refractivity contribution in [1.29, 1.82) is 0 Å². The van der Waals surface area contributed by atoms with Crippen molar-refractivity contribution in [2.75, 3.05) is 5.32 Å². The Balaban J connectivity index is 2.28. The molecular formula is C13H9FINO2. The minimum absolute atomic E-state index is 0.351. The van der Waals surface area contributed by atoms with Gasteiger partial charge in [0.05, 0.1) is 0 Å². The molecule has 0 radical (unpaired) electrons. The molecule has 2 rings (SSSR count). The van der Waals surface area contributed by atoms with Crippen molar-refractivity contribution < 1.29 is 14.3 Å². The van der Waals surface area contributed by atoms with E-state index in [4.69, 9.17) is 0 Å². The number of amides is 1. The van der Waals surface area contributed by atoms with Gasteiger partial charge in [0.2, 0.25) is 0 Å². The molecule has 5 heteroatoms. The molecule has 0 aliphatic rings. The summed E-state index contributed by atoms with van der Waals surface area (Å²) in [6, 6.07) is 10.8. The van der Waals surface area contributed by atoms with Gasteiger partial charge in [-0.05, 0) is 52.9 Å². The second kappa shape index (κ2) is 5.34. The smallest absolute Gasteiger partial charge is 0.262 e. The van der Waals surface area contributed by atoms with Crippen LogP contribution in [0.1, 0.15) is 10.4 Å². The van der Waals surface area contributed by atoms with Crippen molar-refractivity contribution in [3.8, 4) is 5.75 Å². The average Bonchev–Trinajstić information content (AvgIpc) is 2.28. The molecule has 0 aromatic heterocycles. The second-order valence-corrected chi connectivity index (χ2v) is 4.84. The van der Waals surface area contributed by atoms with Gasteiger partial charge in [-0.1, -0.05) is 12.1 Å². The van der Waals surface area contributed by atoms with Gasteiger partial charge < -0.3 is 10.4 Å². The maximum Gasteiger partial charge on any atom is 0.262 e. The predicted molar refractivity (Wildman–Crippen MR) is 75.2 cm³/mol. The summed E-state index contributed by atoms with van der Waals surface area (Å²) in [4.78, 5) is 11.9. The van der Waals surface area contributed by atoms with Crippen molar-refractivity contribution >= 4 is 34.2 Å². The lowest BCUT2D eigenvalue weighted by atomic mass is 10.1. The van der Waals surface area contributed by atoms with Gasteiger partial charge in [-0.2, -0.15) is 0 Å². The lowest BCUT2D eigenvalue weighted by Crippen LogP contribution is -2.14. The van der Waals surface area contributed by atoms with Crippen LogP contribution in [0.15, 0.2) is 42.5 Å². The highest BCUT2D eigenvalue weighted by atomic mass is 127. The van der Waals surface area contributed by atoms with Crippen molar-refractivity contribution in [2.45, 2.75) is 0 Å². The number of phenolic OH excluding ortho intramolecular Hbond substituents is 1. The van der Waals surface area contributed by atoms with Crippen LogP contribution in [0.25, 0.3) is 0 Å². The Morgan fingerprint density at radius 3 is 2.61 bits per heavy atom. The van der Waals surface area contributed by atoms with E-state index >= 15 is 0 Å². The Morgan fingerprint density at radius 1 is 1.22 bits per heavy atom. The molecular weight excluding hydrogens is 348 g/mol. The molecule has 0 aliphatic carbocycles. The lowest BCUT2D eigenvalue weighted by Gasteiger charge is -2.07. The molecule has 2 N–H and O–H groups in total. The van der Waals surface area contributed by atoms with E-state index in [1.165, 1.54) is 12.1 Å². The van der Waals surface area contributed by atoms with Crippen LogP contribution in [-0.2, 0) is 0 Å². The number of phenols is 1. The first kappa shape index (κ1) is 12.8. The van der Waals surface area contributed by atoms with Gasteiger partial charge in [-0.15, -0.1) is 0 Å². The molecule has 0 heterocycles. The molecule has 1 amide bonds. The zero-order chi connectivity index (χ0) is 13.1. The Morgan fingerprint density at radius 2 is 1.94 bits per heavy atom. The van der Waals surface area contributed by atoms with E-state index in [0.29, 0.717) is 5.69 Å². The SMILES string of the molecule is O=C(Nc1cccc(I)c1)c1c(O)cccc1F. The third-order valence-electron chi connectivity index (χ3n) is 2.30. The number of carbonyl (C=O) groups is 1. The van der Waals surface area contributed by atoms with Gasteiger partial charge in [-0.3, -0.25) is 4.79 Å². The summed E-state index contributed by atoms with van der Waals surface area (Å²) in [7, 11) is 0. The summed E-state index contributed by atoms with van der Waals surface area (Å²) in [5.74, 6) is -1.80. The van der Waals surface area contributed by atoms with Gasteiger partial charge in [0, 0.05) is 9.26 Å². The standard InChI is InChI=1S/C13H9FINO2/c14-10-5-2-6-11(17)12(10)13(18)16-9-4-1-3-8(15)7-9/h1-7,17H,(H,16,18). The van der Waals surface area contributed by atoms with Crippen LogP contribution in [0, 0.1) is 9.39 Å². The van der Waals surface area contributed by atoms with Crippen LogP contribution in [0.5, 0.6) is 5.75 Å². The number of aromatic hydroxyl groups is 1. The van der Waals surface area contributed by atoms with Crippen LogP contribution in [-0.4, -0.2) is 11.0 Å². The zero-order valence-electron chi connectivity index (χ0n) is 9.15. The fraction of sp³-hybridized carbons (Fsp3) is 0. The number of rotatable bonds is 2. The van der Waals surface area contributed by atoms with Gasteiger partial charge >= 0.3 is 0 Å². The minimum Gasteiger partial charge on any atom is -0.507 e. The summed E-state index contributed by atoms with van der Waals surface area (Å²) >= 11 is 2.11. The Hall–Kier alpha value is -1.63. The molecule has 18 heavy (non-hydrogen) atoms. The van der Waals surface area contributed by atoms with E-state index in [-0.39, 0.29) is 11.3 Å². The first-order chi connectivity index (χ1) is 8.58. The van der Waals surface area contributed by atoms with Crippen molar-refractivity contribution in [3.05, 3.63) is 57.4 Å². The molecule has 92 valence electrons. The Kier molecular flexibility index (Phi) is 3.81. The van der Waals surface area contributed by atoms with Crippen LogP contribution >= 0.6 is 22.6 Å². The highest BCUT2D eigenvalue weighted by Crippen LogP contribution is 2.21. The van der Waals surface area contributed by atoms with Gasteiger partial charge in [-0.25, -0.2) is 4.39 Å². The average molecular weight is 357 g/mol. The summed E-state index contributed by atoms with van der Waals surface area (Å²) < 4.78 is 14.4. The number of benzene rings is 2. The third kappa shape index (κ3) is 2.79. The Bertz CT molecular complexity index is 581. The summed E-state index contributed by atoms with van der Waals surface area (Å²) in [6.07, 6.45) is 0. The highest BCUT2D eigenvalue weighted by molar-refractivity contribution is 14.1. The molecule has 3 nitrogen and oxygen atoms in total. The number of halogens is 2. The fourth-order valence-electron chi connectivity index (χ4n) is 1.50. The third-order valence-corrected chi connectivity index (χ3v) is 2.97. The van der Waals surface area contributed by atoms with E-state index in [1.54, 1.807) is 18.2 Å². The number of carbonyl (C=O) groups excluding carboxylic acids is 1. The second-order valence-electron chi connectivity index (χ2n) is 3.60. The molecule has 0 spiro atoms. The molecule has 2 aromatic rings. The fourth-order valence-corrected chi connectivity index (χ4v) is 2.04. The van der Waals surface area contributed by atoms with Crippen LogP contribution in [0.4, 0.5) is 10.1 Å². The van der Waals surface area contributed by atoms with Crippen molar-refractivity contribution in [1.82, 2.24) is 0 Å².